The second-order valence-electron chi connectivity index (χ2n) is 4.22. The second kappa shape index (κ2) is 7.55. The number of rotatable bonds is 7. The molecule has 0 saturated carbocycles. The van der Waals surface area contributed by atoms with Gasteiger partial charge >= 0.3 is 11.9 Å². The molecule has 1 aromatic carbocycles. The third-order valence-electron chi connectivity index (χ3n) is 2.81. The molecule has 0 heterocycles. The van der Waals surface area contributed by atoms with Gasteiger partial charge in [-0.2, -0.15) is 12.6 Å². The van der Waals surface area contributed by atoms with Gasteiger partial charge in [-0.3, -0.25) is 4.79 Å². The highest BCUT2D eigenvalue weighted by Gasteiger charge is 2.18. The van der Waals surface area contributed by atoms with Crippen LogP contribution >= 0.6 is 28.6 Å². The summed E-state index contributed by atoms with van der Waals surface area (Å²) in [6, 6.07) is 4.81. The third-order valence-corrected chi connectivity index (χ3v) is 3.78. The molecule has 2 N–H and O–H groups in total. The van der Waals surface area contributed by atoms with Gasteiger partial charge in [0.15, 0.2) is 0 Å². The Bertz CT molecular complexity index is 476. The molecule has 4 nitrogen and oxygen atoms in total. The van der Waals surface area contributed by atoms with Crippen LogP contribution in [0.2, 0.25) is 0 Å². The Balaban J connectivity index is 2.82. The fourth-order valence-corrected chi connectivity index (χ4v) is 2.57. The number of aromatic carboxylic acids is 1. The smallest absolute Gasteiger partial charge is 0.336 e. The molecule has 1 rings (SSSR count). The number of aliphatic carboxylic acids is 1. The summed E-state index contributed by atoms with van der Waals surface area (Å²) in [5.74, 6) is -1.65. The molecule has 6 heteroatoms. The molecule has 0 saturated heterocycles. The summed E-state index contributed by atoms with van der Waals surface area (Å²) in [5.41, 5.74) is 0.981. The van der Waals surface area contributed by atoms with Crippen LogP contribution in [0.1, 0.15) is 28.8 Å². The van der Waals surface area contributed by atoms with Gasteiger partial charge in [-0.25, -0.2) is 4.79 Å². The molecule has 0 amide bonds. The lowest BCUT2D eigenvalue weighted by Crippen LogP contribution is -2.16. The van der Waals surface area contributed by atoms with Gasteiger partial charge in [0.1, 0.15) is 0 Å². The standard InChI is InChI=1S/C13H15BrO4S/c14-11-7-8(3-4-10(11)13(17)18)6-9(12(15)16)2-1-5-19/h3-4,7,9,19H,1-2,5-6H2,(H,15,16)(H,17,18). The van der Waals surface area contributed by atoms with Crippen molar-refractivity contribution in [2.45, 2.75) is 19.3 Å². The van der Waals surface area contributed by atoms with Gasteiger partial charge in [0, 0.05) is 4.47 Å². The molecule has 0 radical (unpaired) electrons. The highest BCUT2D eigenvalue weighted by Crippen LogP contribution is 2.22. The second-order valence-corrected chi connectivity index (χ2v) is 5.53. The van der Waals surface area contributed by atoms with E-state index in [1.165, 1.54) is 6.07 Å². The van der Waals surface area contributed by atoms with E-state index in [9.17, 15) is 9.59 Å². The van der Waals surface area contributed by atoms with Gasteiger partial charge in [-0.1, -0.05) is 6.07 Å². The van der Waals surface area contributed by atoms with Crippen LogP contribution in [0.5, 0.6) is 0 Å². The average molecular weight is 347 g/mol. The van der Waals surface area contributed by atoms with Crippen LogP contribution in [0.4, 0.5) is 0 Å². The van der Waals surface area contributed by atoms with E-state index in [4.69, 9.17) is 10.2 Å². The fraction of sp³-hybridized carbons (Fsp3) is 0.385. The normalized spacial score (nSPS) is 12.1. The van der Waals surface area contributed by atoms with Gasteiger partial charge in [0.25, 0.3) is 0 Å². The molecule has 1 atom stereocenters. The number of carbonyl (C=O) groups is 2. The topological polar surface area (TPSA) is 74.6 Å². The van der Waals surface area contributed by atoms with Crippen molar-refractivity contribution in [3.63, 3.8) is 0 Å². The first-order valence-corrected chi connectivity index (χ1v) is 7.23. The predicted molar refractivity (Wildman–Crippen MR) is 79.0 cm³/mol. The molecule has 0 fully saturated rings. The Kier molecular flexibility index (Phi) is 6.37. The molecule has 0 aliphatic heterocycles. The van der Waals surface area contributed by atoms with Crippen LogP contribution in [0.3, 0.4) is 0 Å². The van der Waals surface area contributed by atoms with Crippen molar-refractivity contribution in [2.75, 3.05) is 5.75 Å². The highest BCUT2D eigenvalue weighted by molar-refractivity contribution is 9.10. The van der Waals surface area contributed by atoms with E-state index in [0.717, 1.165) is 12.0 Å². The first-order valence-electron chi connectivity index (χ1n) is 5.81. The number of hydrogen-bond acceptors (Lipinski definition) is 3. The molecule has 0 aromatic heterocycles. The van der Waals surface area contributed by atoms with Crippen molar-refractivity contribution < 1.29 is 19.8 Å². The molecule has 1 aromatic rings. The van der Waals surface area contributed by atoms with Crippen molar-refractivity contribution in [3.8, 4) is 0 Å². The number of carboxylic acids is 2. The number of benzene rings is 1. The van der Waals surface area contributed by atoms with Gasteiger partial charge in [0.2, 0.25) is 0 Å². The summed E-state index contributed by atoms with van der Waals surface area (Å²) >= 11 is 7.26. The van der Waals surface area contributed by atoms with Crippen LogP contribution in [0.15, 0.2) is 22.7 Å². The van der Waals surface area contributed by atoms with E-state index in [1.54, 1.807) is 12.1 Å². The number of thiol groups is 1. The summed E-state index contributed by atoms with van der Waals surface area (Å²) in [5, 5.41) is 18.1. The lowest BCUT2D eigenvalue weighted by atomic mass is 9.94. The zero-order chi connectivity index (χ0) is 14.4. The maximum absolute atomic E-state index is 11.1. The minimum atomic E-state index is -1.01. The van der Waals surface area contributed by atoms with Gasteiger partial charge in [-0.15, -0.1) is 0 Å². The maximum atomic E-state index is 11.1. The van der Waals surface area contributed by atoms with Crippen LogP contribution in [0.25, 0.3) is 0 Å². The SMILES string of the molecule is O=C(O)c1ccc(CC(CCCS)C(=O)O)cc1Br. The lowest BCUT2D eigenvalue weighted by molar-refractivity contribution is -0.141. The Hall–Kier alpha value is -1.01. The van der Waals surface area contributed by atoms with Crippen molar-refractivity contribution in [3.05, 3.63) is 33.8 Å². The molecular formula is C13H15BrO4S. The van der Waals surface area contributed by atoms with Crippen LogP contribution in [-0.2, 0) is 11.2 Å². The number of halogens is 1. The first-order chi connectivity index (χ1) is 8.95. The van der Waals surface area contributed by atoms with Crippen LogP contribution in [-0.4, -0.2) is 27.9 Å². The Labute approximate surface area is 125 Å². The molecule has 19 heavy (non-hydrogen) atoms. The van der Waals surface area contributed by atoms with Crippen molar-refractivity contribution >= 4 is 40.5 Å². The van der Waals surface area contributed by atoms with E-state index in [1.807, 2.05) is 0 Å². The predicted octanol–water partition coefficient (Wildman–Crippen LogP) is 3.10. The lowest BCUT2D eigenvalue weighted by Gasteiger charge is -2.12. The van der Waals surface area contributed by atoms with Crippen LogP contribution < -0.4 is 0 Å². The molecular weight excluding hydrogens is 332 g/mol. The fourth-order valence-electron chi connectivity index (χ4n) is 1.79. The van der Waals surface area contributed by atoms with E-state index in [-0.39, 0.29) is 5.56 Å². The summed E-state index contributed by atoms with van der Waals surface area (Å²) in [6.07, 6.45) is 1.70. The van der Waals surface area contributed by atoms with Crippen molar-refractivity contribution in [2.24, 2.45) is 5.92 Å². The largest absolute Gasteiger partial charge is 0.481 e. The number of hydrogen-bond donors (Lipinski definition) is 3. The average Bonchev–Trinajstić information content (AvgIpc) is 2.33. The Morgan fingerprint density at radius 3 is 2.47 bits per heavy atom. The summed E-state index contributed by atoms with van der Waals surface area (Å²) in [4.78, 5) is 22.0. The van der Waals surface area contributed by atoms with Crippen molar-refractivity contribution in [1.29, 1.82) is 0 Å². The third kappa shape index (κ3) is 4.87. The maximum Gasteiger partial charge on any atom is 0.336 e. The van der Waals surface area contributed by atoms with E-state index < -0.39 is 17.9 Å². The first kappa shape index (κ1) is 16.0. The van der Waals surface area contributed by atoms with Gasteiger partial charge in [-0.05, 0) is 58.6 Å². The zero-order valence-electron chi connectivity index (χ0n) is 10.2. The minimum Gasteiger partial charge on any atom is -0.481 e. The molecule has 0 bridgehead atoms. The van der Waals surface area contributed by atoms with Gasteiger partial charge < -0.3 is 10.2 Å². The minimum absolute atomic E-state index is 0.172. The van der Waals surface area contributed by atoms with E-state index >= 15 is 0 Å². The molecule has 1 unspecified atom stereocenters. The Morgan fingerprint density at radius 1 is 1.32 bits per heavy atom. The summed E-state index contributed by atoms with van der Waals surface area (Å²) in [6.45, 7) is 0. The summed E-state index contributed by atoms with van der Waals surface area (Å²) < 4.78 is 0.468. The molecule has 0 aliphatic carbocycles. The zero-order valence-corrected chi connectivity index (χ0v) is 12.7. The van der Waals surface area contributed by atoms with Crippen molar-refractivity contribution in [1.82, 2.24) is 0 Å². The molecule has 0 spiro atoms. The quantitative estimate of drug-likeness (QED) is 0.663. The monoisotopic (exact) mass is 346 g/mol. The van der Waals surface area contributed by atoms with Crippen LogP contribution in [0, 0.1) is 5.92 Å². The van der Waals surface area contributed by atoms with E-state index in [0.29, 0.717) is 23.1 Å². The van der Waals surface area contributed by atoms with Gasteiger partial charge in [0.05, 0.1) is 11.5 Å². The highest BCUT2D eigenvalue weighted by atomic mass is 79.9. The molecule has 104 valence electrons. The molecule has 0 aliphatic rings. The van der Waals surface area contributed by atoms with E-state index in [2.05, 4.69) is 28.6 Å². The Morgan fingerprint density at radius 2 is 2.00 bits per heavy atom. The summed E-state index contributed by atoms with van der Waals surface area (Å²) in [7, 11) is 0. The number of carboxylic acid groups (broad SMARTS) is 2.